The number of amidine groups is 1. The van der Waals surface area contributed by atoms with Crippen molar-refractivity contribution in [2.24, 2.45) is 4.99 Å². The van der Waals surface area contributed by atoms with Crippen molar-refractivity contribution in [3.63, 3.8) is 0 Å². The summed E-state index contributed by atoms with van der Waals surface area (Å²) in [4.78, 5) is 26.0. The van der Waals surface area contributed by atoms with Crippen molar-refractivity contribution in [2.75, 3.05) is 26.2 Å². The second-order valence-corrected chi connectivity index (χ2v) is 7.32. The molecule has 2 aliphatic heterocycles. The van der Waals surface area contributed by atoms with Crippen LogP contribution in [-0.2, 0) is 11.3 Å². The summed E-state index contributed by atoms with van der Waals surface area (Å²) in [5, 5.41) is 0.816. The summed E-state index contributed by atoms with van der Waals surface area (Å²) in [5.41, 5.74) is 2.12. The van der Waals surface area contributed by atoms with Crippen LogP contribution in [0.15, 0.2) is 64.6 Å². The van der Waals surface area contributed by atoms with Gasteiger partial charge in [-0.25, -0.2) is 0 Å². The maximum Gasteiger partial charge on any atom is 0.286 e. The van der Waals surface area contributed by atoms with Crippen molar-refractivity contribution < 1.29 is 4.79 Å². The second kappa shape index (κ2) is 7.85. The standard InChI is InChI=1S/C20H20N4OS/c25-19-18(14-17-8-4-5-9-21-17)26-20(22-19)24-12-10-23(11-13-24)15-16-6-2-1-3-7-16/h1-9,14H,10-13,15H2. The Morgan fingerprint density at radius 2 is 1.77 bits per heavy atom. The van der Waals surface area contributed by atoms with Gasteiger partial charge in [-0.2, -0.15) is 4.99 Å². The highest BCUT2D eigenvalue weighted by atomic mass is 32.2. The monoisotopic (exact) mass is 364 g/mol. The van der Waals surface area contributed by atoms with Gasteiger partial charge < -0.3 is 4.90 Å². The second-order valence-electron chi connectivity index (χ2n) is 6.31. The van der Waals surface area contributed by atoms with Crippen LogP contribution in [-0.4, -0.2) is 52.0 Å². The smallest absolute Gasteiger partial charge is 0.286 e. The van der Waals surface area contributed by atoms with Crippen molar-refractivity contribution >= 4 is 28.9 Å². The van der Waals surface area contributed by atoms with Gasteiger partial charge in [-0.15, -0.1) is 0 Å². The number of aromatic nitrogens is 1. The summed E-state index contributed by atoms with van der Waals surface area (Å²) in [7, 11) is 0. The van der Waals surface area contributed by atoms with Crippen molar-refractivity contribution in [3.05, 3.63) is 70.9 Å². The molecule has 1 fully saturated rings. The normalized spacial score (nSPS) is 19.8. The van der Waals surface area contributed by atoms with E-state index in [4.69, 9.17) is 0 Å². The van der Waals surface area contributed by atoms with E-state index in [1.165, 1.54) is 17.3 Å². The molecule has 0 N–H and O–H groups in total. The lowest BCUT2D eigenvalue weighted by Gasteiger charge is -2.35. The van der Waals surface area contributed by atoms with Crippen LogP contribution >= 0.6 is 11.8 Å². The molecule has 1 amide bonds. The van der Waals surface area contributed by atoms with E-state index in [9.17, 15) is 4.79 Å². The topological polar surface area (TPSA) is 48.8 Å². The fourth-order valence-electron chi connectivity index (χ4n) is 3.07. The van der Waals surface area contributed by atoms with Gasteiger partial charge in [0, 0.05) is 38.9 Å². The Labute approximate surface area is 157 Å². The van der Waals surface area contributed by atoms with Crippen LogP contribution in [0.1, 0.15) is 11.3 Å². The zero-order valence-corrected chi connectivity index (χ0v) is 15.2. The lowest BCUT2D eigenvalue weighted by molar-refractivity contribution is -0.113. The summed E-state index contributed by atoms with van der Waals surface area (Å²) in [5.74, 6) is -0.164. The fraction of sp³-hybridized carbons (Fsp3) is 0.250. The van der Waals surface area contributed by atoms with Gasteiger partial charge in [0.2, 0.25) is 0 Å². The Balaban J connectivity index is 1.34. The van der Waals surface area contributed by atoms with Crippen LogP contribution in [0, 0.1) is 0 Å². The van der Waals surface area contributed by atoms with Crippen LogP contribution in [0.2, 0.25) is 0 Å². The molecule has 1 aromatic heterocycles. The zero-order chi connectivity index (χ0) is 17.8. The first kappa shape index (κ1) is 17.0. The lowest BCUT2D eigenvalue weighted by Crippen LogP contribution is -2.47. The third-order valence-corrected chi connectivity index (χ3v) is 5.51. The number of hydrogen-bond donors (Lipinski definition) is 0. The maximum absolute atomic E-state index is 12.2. The fourth-order valence-corrected chi connectivity index (χ4v) is 4.02. The molecule has 2 aliphatic rings. The van der Waals surface area contributed by atoms with Gasteiger partial charge in [-0.3, -0.25) is 14.7 Å². The third kappa shape index (κ3) is 4.03. The Morgan fingerprint density at radius 3 is 2.50 bits per heavy atom. The SMILES string of the molecule is O=C1N=C(N2CCN(Cc3ccccc3)CC2)SC1=Cc1ccccn1. The molecule has 1 aromatic carbocycles. The van der Waals surface area contributed by atoms with Crippen molar-refractivity contribution in [1.29, 1.82) is 0 Å². The summed E-state index contributed by atoms with van der Waals surface area (Å²) >= 11 is 1.45. The molecule has 1 saturated heterocycles. The number of carbonyl (C=O) groups is 1. The van der Waals surface area contributed by atoms with E-state index >= 15 is 0 Å². The molecule has 0 saturated carbocycles. The molecule has 6 heteroatoms. The molecule has 0 spiro atoms. The van der Waals surface area contributed by atoms with Gasteiger partial charge in [0.15, 0.2) is 5.17 Å². The Kier molecular flexibility index (Phi) is 5.13. The Bertz CT molecular complexity index is 827. The number of nitrogens with zero attached hydrogens (tertiary/aromatic N) is 4. The number of amides is 1. The first-order valence-corrected chi connectivity index (χ1v) is 9.54. The average Bonchev–Trinajstić information content (AvgIpc) is 3.04. The minimum Gasteiger partial charge on any atom is -0.348 e. The molecule has 0 bridgehead atoms. The molecule has 26 heavy (non-hydrogen) atoms. The highest BCUT2D eigenvalue weighted by Crippen LogP contribution is 2.30. The summed E-state index contributed by atoms with van der Waals surface area (Å²) in [6.07, 6.45) is 3.54. The highest BCUT2D eigenvalue weighted by Gasteiger charge is 2.28. The predicted octanol–water partition coefficient (Wildman–Crippen LogP) is 2.87. The molecular formula is C20H20N4OS. The van der Waals surface area contributed by atoms with E-state index in [1.807, 2.05) is 30.3 Å². The molecule has 3 heterocycles. The molecule has 5 nitrogen and oxygen atoms in total. The van der Waals surface area contributed by atoms with E-state index in [0.717, 1.165) is 43.6 Å². The number of aliphatic imine (C=N–C) groups is 1. The first-order valence-electron chi connectivity index (χ1n) is 8.73. The summed E-state index contributed by atoms with van der Waals surface area (Å²) in [6, 6.07) is 16.2. The van der Waals surface area contributed by atoms with Crippen molar-refractivity contribution in [1.82, 2.24) is 14.8 Å². The number of piperazine rings is 1. The van der Waals surface area contributed by atoms with Crippen molar-refractivity contribution in [3.8, 4) is 0 Å². The van der Waals surface area contributed by atoms with Crippen molar-refractivity contribution in [2.45, 2.75) is 6.54 Å². The van der Waals surface area contributed by atoms with E-state index in [1.54, 1.807) is 6.20 Å². The third-order valence-electron chi connectivity index (χ3n) is 4.47. The van der Waals surface area contributed by atoms with Crippen LogP contribution in [0.25, 0.3) is 6.08 Å². The van der Waals surface area contributed by atoms with E-state index < -0.39 is 0 Å². The van der Waals surface area contributed by atoms with Gasteiger partial charge in [0.25, 0.3) is 5.91 Å². The predicted molar refractivity (Wildman–Crippen MR) is 106 cm³/mol. The zero-order valence-electron chi connectivity index (χ0n) is 14.4. The van der Waals surface area contributed by atoms with Gasteiger partial charge in [-0.1, -0.05) is 36.4 Å². The van der Waals surface area contributed by atoms with Gasteiger partial charge in [-0.05, 0) is 35.5 Å². The lowest BCUT2D eigenvalue weighted by atomic mass is 10.2. The quantitative estimate of drug-likeness (QED) is 0.784. The van der Waals surface area contributed by atoms with Gasteiger partial charge in [0.05, 0.1) is 10.6 Å². The van der Waals surface area contributed by atoms with Crippen LogP contribution in [0.4, 0.5) is 0 Å². The van der Waals surface area contributed by atoms with E-state index in [2.05, 4.69) is 44.0 Å². The minimum atomic E-state index is -0.164. The molecule has 0 radical (unpaired) electrons. The van der Waals surface area contributed by atoms with Gasteiger partial charge in [0.1, 0.15) is 0 Å². The largest absolute Gasteiger partial charge is 0.348 e. The number of pyridine rings is 1. The summed E-state index contributed by atoms with van der Waals surface area (Å²) < 4.78 is 0. The maximum atomic E-state index is 12.2. The first-order chi connectivity index (χ1) is 12.8. The molecule has 2 aromatic rings. The number of hydrogen-bond acceptors (Lipinski definition) is 5. The molecule has 0 atom stereocenters. The van der Waals surface area contributed by atoms with E-state index in [0.29, 0.717) is 4.91 Å². The van der Waals surface area contributed by atoms with Crippen LogP contribution in [0.5, 0.6) is 0 Å². The number of thioether (sulfide) groups is 1. The van der Waals surface area contributed by atoms with E-state index in [-0.39, 0.29) is 5.91 Å². The number of benzene rings is 1. The number of rotatable bonds is 3. The number of carbonyl (C=O) groups excluding carboxylic acids is 1. The Morgan fingerprint density at radius 1 is 1.00 bits per heavy atom. The Hall–Kier alpha value is -2.44. The highest BCUT2D eigenvalue weighted by molar-refractivity contribution is 8.18. The van der Waals surface area contributed by atoms with Crippen LogP contribution in [0.3, 0.4) is 0 Å². The van der Waals surface area contributed by atoms with Gasteiger partial charge >= 0.3 is 0 Å². The van der Waals surface area contributed by atoms with Crippen LogP contribution < -0.4 is 0 Å². The molecule has 132 valence electrons. The molecule has 0 aliphatic carbocycles. The minimum absolute atomic E-state index is 0.164. The average molecular weight is 364 g/mol. The summed E-state index contributed by atoms with van der Waals surface area (Å²) in [6.45, 7) is 4.70. The molecule has 4 rings (SSSR count). The molecular weight excluding hydrogens is 344 g/mol. The molecule has 0 unspecified atom stereocenters.